The number of carbonyl (C=O) groups is 2. The van der Waals surface area contributed by atoms with Gasteiger partial charge >= 0.3 is 6.09 Å². The van der Waals surface area contributed by atoms with Crippen molar-refractivity contribution in [1.29, 1.82) is 0 Å². The Hall–Kier alpha value is -3.64. The minimum atomic E-state index is -0.606. The summed E-state index contributed by atoms with van der Waals surface area (Å²) in [6, 6.07) is 24.0. The van der Waals surface area contributed by atoms with Crippen LogP contribution in [-0.2, 0) is 16.0 Å². The highest BCUT2D eigenvalue weighted by Gasteiger charge is 2.29. The molecule has 3 aromatic rings. The Morgan fingerprint density at radius 1 is 0.875 bits per heavy atom. The van der Waals surface area contributed by atoms with E-state index in [2.05, 4.69) is 40.2 Å². The topological polar surface area (TPSA) is 79.5 Å². The zero-order valence-electron chi connectivity index (χ0n) is 18.1. The maximum Gasteiger partial charge on any atom is 0.407 e. The minimum absolute atomic E-state index is 0.0129. The number of anilines is 1. The summed E-state index contributed by atoms with van der Waals surface area (Å²) < 4.78 is 5.48. The fourth-order valence-corrected chi connectivity index (χ4v) is 4.12. The van der Waals surface area contributed by atoms with E-state index in [-0.39, 0.29) is 25.0 Å². The van der Waals surface area contributed by atoms with Crippen molar-refractivity contribution in [2.45, 2.75) is 12.3 Å². The number of nitrogens with one attached hydrogen (secondary N) is 3. The Balaban J connectivity index is 1.30. The molecule has 2 amide bonds. The van der Waals surface area contributed by atoms with Crippen molar-refractivity contribution in [1.82, 2.24) is 10.6 Å². The number of benzene rings is 3. The highest BCUT2D eigenvalue weighted by Crippen LogP contribution is 2.44. The first-order chi connectivity index (χ1) is 15.7. The molecule has 0 aliphatic heterocycles. The van der Waals surface area contributed by atoms with E-state index in [0.29, 0.717) is 0 Å². The van der Waals surface area contributed by atoms with E-state index in [1.807, 2.05) is 55.6 Å². The molecule has 1 aliphatic carbocycles. The summed E-state index contributed by atoms with van der Waals surface area (Å²) in [4.78, 5) is 24.6. The first kappa shape index (κ1) is 21.6. The number of hydrogen-bond acceptors (Lipinski definition) is 4. The predicted molar refractivity (Wildman–Crippen MR) is 126 cm³/mol. The Morgan fingerprint density at radius 2 is 1.50 bits per heavy atom. The van der Waals surface area contributed by atoms with Gasteiger partial charge in [0.15, 0.2) is 0 Å². The van der Waals surface area contributed by atoms with Crippen LogP contribution in [0.4, 0.5) is 10.5 Å². The second-order valence-corrected chi connectivity index (χ2v) is 7.74. The molecule has 0 saturated carbocycles. The second kappa shape index (κ2) is 10.1. The van der Waals surface area contributed by atoms with E-state index in [4.69, 9.17) is 4.74 Å². The van der Waals surface area contributed by atoms with Crippen molar-refractivity contribution in [3.05, 3.63) is 89.5 Å². The fraction of sp³-hybridized carbons (Fsp3) is 0.231. The van der Waals surface area contributed by atoms with Crippen molar-refractivity contribution in [3.63, 3.8) is 0 Å². The zero-order chi connectivity index (χ0) is 22.3. The first-order valence-electron chi connectivity index (χ1n) is 10.8. The maximum absolute atomic E-state index is 12.3. The lowest BCUT2D eigenvalue weighted by molar-refractivity contribution is -0.115. The van der Waals surface area contributed by atoms with Crippen LogP contribution in [0.2, 0.25) is 0 Å². The van der Waals surface area contributed by atoms with E-state index in [9.17, 15) is 9.59 Å². The normalized spacial score (nSPS) is 12.0. The third-order valence-corrected chi connectivity index (χ3v) is 5.67. The van der Waals surface area contributed by atoms with Gasteiger partial charge in [0, 0.05) is 11.6 Å². The minimum Gasteiger partial charge on any atom is -0.449 e. The molecule has 3 aromatic carbocycles. The van der Waals surface area contributed by atoms with Crippen LogP contribution in [0.1, 0.15) is 22.6 Å². The lowest BCUT2D eigenvalue weighted by Gasteiger charge is -2.15. The van der Waals surface area contributed by atoms with Gasteiger partial charge in [0.2, 0.25) is 5.91 Å². The monoisotopic (exact) mass is 429 g/mol. The summed E-state index contributed by atoms with van der Waals surface area (Å²) in [6.45, 7) is 0.871. The molecule has 0 spiro atoms. The van der Waals surface area contributed by atoms with Crippen molar-refractivity contribution in [2.24, 2.45) is 0 Å². The van der Waals surface area contributed by atoms with Gasteiger partial charge in [0.25, 0.3) is 0 Å². The van der Waals surface area contributed by atoms with Gasteiger partial charge in [-0.25, -0.2) is 4.79 Å². The number of fused-ring (bicyclic) bond motifs is 3. The molecule has 164 valence electrons. The van der Waals surface area contributed by atoms with Crippen LogP contribution >= 0.6 is 0 Å². The molecule has 1 aliphatic rings. The average Bonchev–Trinajstić information content (AvgIpc) is 3.14. The average molecular weight is 430 g/mol. The third kappa shape index (κ3) is 4.81. The molecule has 0 atom stereocenters. The van der Waals surface area contributed by atoms with Crippen LogP contribution < -0.4 is 16.0 Å². The Labute approximate surface area is 188 Å². The molecule has 0 unspecified atom stereocenters. The molecule has 4 rings (SSSR count). The van der Waals surface area contributed by atoms with Crippen LogP contribution in [0.25, 0.3) is 11.1 Å². The molecular weight excluding hydrogens is 402 g/mol. The molecule has 3 N–H and O–H groups in total. The summed E-state index contributed by atoms with van der Waals surface area (Å²) in [6.07, 6.45) is 0.192. The van der Waals surface area contributed by atoms with Gasteiger partial charge in [0.1, 0.15) is 13.2 Å². The highest BCUT2D eigenvalue weighted by atomic mass is 16.5. The maximum atomic E-state index is 12.3. The summed E-state index contributed by atoms with van der Waals surface area (Å²) in [5.41, 5.74) is 6.44. The van der Waals surface area contributed by atoms with Gasteiger partial charge in [-0.15, -0.1) is 0 Å². The lowest BCUT2D eigenvalue weighted by atomic mass is 9.98. The Kier molecular flexibility index (Phi) is 6.82. The third-order valence-electron chi connectivity index (χ3n) is 5.67. The Bertz CT molecular complexity index is 1070. The van der Waals surface area contributed by atoms with Crippen LogP contribution in [0, 0.1) is 0 Å². The number of rotatable bonds is 8. The van der Waals surface area contributed by atoms with E-state index < -0.39 is 6.09 Å². The molecule has 6 heteroatoms. The van der Waals surface area contributed by atoms with E-state index in [1.165, 1.54) is 11.1 Å². The molecule has 0 heterocycles. The summed E-state index contributed by atoms with van der Waals surface area (Å²) in [7, 11) is 1.89. The number of carbonyl (C=O) groups excluding carboxylic acids is 2. The first-order valence-corrected chi connectivity index (χ1v) is 10.8. The highest BCUT2D eigenvalue weighted by molar-refractivity contribution is 5.94. The largest absolute Gasteiger partial charge is 0.449 e. The molecule has 0 bridgehead atoms. The van der Waals surface area contributed by atoms with Crippen LogP contribution in [0.5, 0.6) is 0 Å². The smallest absolute Gasteiger partial charge is 0.407 e. The number of alkyl carbamates (subject to hydrolysis) is 1. The van der Waals surface area contributed by atoms with Crippen LogP contribution in [0.15, 0.2) is 72.8 Å². The fourth-order valence-electron chi connectivity index (χ4n) is 4.12. The van der Waals surface area contributed by atoms with Crippen LogP contribution in [0.3, 0.4) is 0 Å². The van der Waals surface area contributed by atoms with Crippen molar-refractivity contribution < 1.29 is 14.3 Å². The number of ether oxygens (including phenoxy) is 1. The van der Waals surface area contributed by atoms with Crippen molar-refractivity contribution in [3.8, 4) is 11.1 Å². The molecule has 0 aromatic heterocycles. The van der Waals surface area contributed by atoms with Gasteiger partial charge in [-0.05, 0) is 53.9 Å². The summed E-state index contributed by atoms with van der Waals surface area (Å²) in [5.74, 6) is -0.309. The number of amides is 2. The van der Waals surface area contributed by atoms with Crippen LogP contribution in [-0.4, -0.2) is 38.7 Å². The predicted octanol–water partition coefficient (Wildman–Crippen LogP) is 3.93. The number of likely N-dealkylation sites (N-methyl/N-ethyl adjacent to an activating group) is 1. The van der Waals surface area contributed by atoms with Gasteiger partial charge in [-0.3, -0.25) is 4.79 Å². The van der Waals surface area contributed by atoms with E-state index >= 15 is 0 Å². The SMILES string of the molecule is CNCCc1ccccc1NC(=O)CNC(=O)OCC1c2ccccc2-c2ccccc21. The van der Waals surface area contributed by atoms with Gasteiger partial charge in [-0.2, -0.15) is 0 Å². The molecule has 0 radical (unpaired) electrons. The molecule has 6 nitrogen and oxygen atoms in total. The molecule has 32 heavy (non-hydrogen) atoms. The van der Waals surface area contributed by atoms with Gasteiger partial charge in [-0.1, -0.05) is 66.7 Å². The lowest BCUT2D eigenvalue weighted by Crippen LogP contribution is -2.34. The molecule has 0 fully saturated rings. The Morgan fingerprint density at radius 3 is 2.19 bits per heavy atom. The standard InChI is InChI=1S/C26H27N3O3/c1-27-15-14-18-8-2-7-13-24(18)29-25(30)16-28-26(31)32-17-23-21-11-5-3-9-19(21)20-10-4-6-12-22(20)23/h2-13,23,27H,14-17H2,1H3,(H,28,31)(H,29,30). The quantitative estimate of drug-likeness (QED) is 0.507. The van der Waals surface area contributed by atoms with Gasteiger partial charge < -0.3 is 20.7 Å². The van der Waals surface area contributed by atoms with E-state index in [1.54, 1.807) is 0 Å². The summed E-state index contributed by atoms with van der Waals surface area (Å²) >= 11 is 0. The zero-order valence-corrected chi connectivity index (χ0v) is 18.1. The molecule has 0 saturated heterocycles. The summed E-state index contributed by atoms with van der Waals surface area (Å²) in [5, 5.41) is 8.51. The number of para-hydroxylation sites is 1. The second-order valence-electron chi connectivity index (χ2n) is 7.74. The van der Waals surface area contributed by atoms with Gasteiger partial charge in [0.05, 0.1) is 0 Å². The molecular formula is C26H27N3O3. The van der Waals surface area contributed by atoms with Crippen molar-refractivity contribution in [2.75, 3.05) is 32.1 Å². The van der Waals surface area contributed by atoms with Crippen molar-refractivity contribution >= 4 is 17.7 Å². The van der Waals surface area contributed by atoms with E-state index in [0.717, 1.165) is 35.3 Å². The number of hydrogen-bond donors (Lipinski definition) is 3.